The van der Waals surface area contributed by atoms with Gasteiger partial charge in [-0.25, -0.2) is 0 Å². The standard InChI is InChI=1S/C19H31N7O/c20-16(27)15-8-7-13-26(14-15)19-22-17(24-9-3-1-4-10-24)21-18(23-19)25-11-5-2-6-12-25/h15H,1-14H2,(H2,20,27). The van der Waals surface area contributed by atoms with E-state index in [1.165, 1.54) is 38.5 Å². The van der Waals surface area contributed by atoms with Crippen molar-refractivity contribution < 1.29 is 4.79 Å². The van der Waals surface area contributed by atoms with Gasteiger partial charge in [-0.15, -0.1) is 0 Å². The molecule has 8 heteroatoms. The van der Waals surface area contributed by atoms with E-state index in [0.29, 0.717) is 12.5 Å². The Balaban J connectivity index is 1.63. The summed E-state index contributed by atoms with van der Waals surface area (Å²) in [6, 6.07) is 0. The molecule has 0 radical (unpaired) electrons. The summed E-state index contributed by atoms with van der Waals surface area (Å²) in [4.78, 5) is 32.9. The van der Waals surface area contributed by atoms with Gasteiger partial charge >= 0.3 is 0 Å². The van der Waals surface area contributed by atoms with Crippen LogP contribution in [-0.4, -0.2) is 60.1 Å². The maximum Gasteiger partial charge on any atom is 0.231 e. The van der Waals surface area contributed by atoms with E-state index in [-0.39, 0.29) is 11.8 Å². The van der Waals surface area contributed by atoms with Crippen LogP contribution in [0.2, 0.25) is 0 Å². The highest BCUT2D eigenvalue weighted by atomic mass is 16.1. The van der Waals surface area contributed by atoms with E-state index in [9.17, 15) is 4.79 Å². The van der Waals surface area contributed by atoms with Crippen LogP contribution in [0, 0.1) is 5.92 Å². The summed E-state index contributed by atoms with van der Waals surface area (Å²) in [5.41, 5.74) is 5.57. The normalized spacial score (nSPS) is 24.1. The summed E-state index contributed by atoms with van der Waals surface area (Å²) in [6.07, 6.45) is 9.11. The Morgan fingerprint density at radius 1 is 0.704 bits per heavy atom. The minimum Gasteiger partial charge on any atom is -0.369 e. The number of carbonyl (C=O) groups excluding carboxylic acids is 1. The first-order valence-electron chi connectivity index (χ1n) is 10.5. The third kappa shape index (κ3) is 4.25. The lowest BCUT2D eigenvalue weighted by Crippen LogP contribution is -2.42. The molecule has 3 aliphatic heterocycles. The summed E-state index contributed by atoms with van der Waals surface area (Å²) in [6.45, 7) is 5.50. The monoisotopic (exact) mass is 373 g/mol. The van der Waals surface area contributed by atoms with Crippen molar-refractivity contribution in [2.45, 2.75) is 51.4 Å². The van der Waals surface area contributed by atoms with E-state index in [1.54, 1.807) is 0 Å². The van der Waals surface area contributed by atoms with Crippen LogP contribution in [0.15, 0.2) is 0 Å². The molecule has 0 bridgehead atoms. The number of piperidine rings is 3. The number of nitrogens with two attached hydrogens (primary N) is 1. The van der Waals surface area contributed by atoms with E-state index in [1.807, 2.05) is 0 Å². The molecule has 4 heterocycles. The largest absolute Gasteiger partial charge is 0.369 e. The quantitative estimate of drug-likeness (QED) is 0.856. The van der Waals surface area contributed by atoms with Gasteiger partial charge in [0, 0.05) is 39.3 Å². The molecule has 1 aromatic heterocycles. The van der Waals surface area contributed by atoms with Gasteiger partial charge < -0.3 is 20.4 Å². The fourth-order valence-corrected chi connectivity index (χ4v) is 4.35. The number of hydrogen-bond acceptors (Lipinski definition) is 7. The molecule has 3 saturated heterocycles. The van der Waals surface area contributed by atoms with Crippen LogP contribution in [0.1, 0.15) is 51.4 Å². The number of aromatic nitrogens is 3. The van der Waals surface area contributed by atoms with Crippen molar-refractivity contribution in [1.29, 1.82) is 0 Å². The highest BCUT2D eigenvalue weighted by molar-refractivity contribution is 5.77. The second-order valence-electron chi connectivity index (χ2n) is 8.02. The number of amides is 1. The summed E-state index contributed by atoms with van der Waals surface area (Å²) >= 11 is 0. The molecule has 1 aromatic rings. The zero-order chi connectivity index (χ0) is 18.6. The van der Waals surface area contributed by atoms with Crippen molar-refractivity contribution >= 4 is 23.8 Å². The highest BCUT2D eigenvalue weighted by Gasteiger charge is 2.28. The number of nitrogens with zero attached hydrogens (tertiary/aromatic N) is 6. The van der Waals surface area contributed by atoms with Crippen LogP contribution in [0.3, 0.4) is 0 Å². The van der Waals surface area contributed by atoms with Gasteiger partial charge in [0.2, 0.25) is 23.8 Å². The Hall–Kier alpha value is -2.12. The smallest absolute Gasteiger partial charge is 0.231 e. The molecule has 0 aromatic carbocycles. The second kappa shape index (κ2) is 8.27. The molecule has 148 valence electrons. The number of anilines is 3. The summed E-state index contributed by atoms with van der Waals surface area (Å²) in [5.74, 6) is 1.95. The Morgan fingerprint density at radius 2 is 1.15 bits per heavy atom. The molecule has 0 saturated carbocycles. The first kappa shape index (κ1) is 18.3. The van der Waals surface area contributed by atoms with E-state index in [0.717, 1.165) is 57.5 Å². The summed E-state index contributed by atoms with van der Waals surface area (Å²) in [7, 11) is 0. The van der Waals surface area contributed by atoms with E-state index >= 15 is 0 Å². The molecule has 3 aliphatic rings. The van der Waals surface area contributed by atoms with Gasteiger partial charge in [0.05, 0.1) is 5.92 Å². The lowest BCUT2D eigenvalue weighted by Gasteiger charge is -2.34. The van der Waals surface area contributed by atoms with Crippen LogP contribution >= 0.6 is 0 Å². The fourth-order valence-electron chi connectivity index (χ4n) is 4.35. The zero-order valence-electron chi connectivity index (χ0n) is 16.1. The van der Waals surface area contributed by atoms with Crippen LogP contribution < -0.4 is 20.4 Å². The topological polar surface area (TPSA) is 91.5 Å². The predicted molar refractivity (Wildman–Crippen MR) is 106 cm³/mol. The van der Waals surface area contributed by atoms with Crippen molar-refractivity contribution in [2.75, 3.05) is 54.0 Å². The first-order valence-corrected chi connectivity index (χ1v) is 10.5. The van der Waals surface area contributed by atoms with Gasteiger partial charge in [0.25, 0.3) is 0 Å². The number of primary amides is 1. The molecule has 0 spiro atoms. The van der Waals surface area contributed by atoms with E-state index in [2.05, 4.69) is 14.7 Å². The van der Waals surface area contributed by atoms with Crippen molar-refractivity contribution in [3.05, 3.63) is 0 Å². The molecule has 1 amide bonds. The fraction of sp³-hybridized carbons (Fsp3) is 0.789. The summed E-state index contributed by atoms with van der Waals surface area (Å²) < 4.78 is 0. The third-order valence-electron chi connectivity index (χ3n) is 5.98. The van der Waals surface area contributed by atoms with Crippen LogP contribution in [-0.2, 0) is 4.79 Å². The molecular weight excluding hydrogens is 342 g/mol. The molecule has 8 nitrogen and oxygen atoms in total. The van der Waals surface area contributed by atoms with Crippen molar-refractivity contribution in [3.63, 3.8) is 0 Å². The zero-order valence-corrected chi connectivity index (χ0v) is 16.1. The van der Waals surface area contributed by atoms with Gasteiger partial charge in [0.15, 0.2) is 0 Å². The number of carbonyl (C=O) groups is 1. The molecule has 3 fully saturated rings. The molecule has 1 unspecified atom stereocenters. The van der Waals surface area contributed by atoms with Gasteiger partial charge in [0.1, 0.15) is 0 Å². The molecule has 27 heavy (non-hydrogen) atoms. The molecule has 0 aliphatic carbocycles. The lowest BCUT2D eigenvalue weighted by molar-refractivity contribution is -0.122. The van der Waals surface area contributed by atoms with Gasteiger partial charge in [-0.2, -0.15) is 15.0 Å². The number of rotatable bonds is 4. The second-order valence-corrected chi connectivity index (χ2v) is 8.02. The van der Waals surface area contributed by atoms with Gasteiger partial charge in [-0.3, -0.25) is 4.79 Å². The predicted octanol–water partition coefficient (Wildman–Crippen LogP) is 1.55. The minimum atomic E-state index is -0.221. The Kier molecular flexibility index (Phi) is 5.59. The maximum absolute atomic E-state index is 11.7. The average Bonchev–Trinajstić information content (AvgIpc) is 2.75. The van der Waals surface area contributed by atoms with Crippen molar-refractivity contribution in [1.82, 2.24) is 15.0 Å². The average molecular weight is 374 g/mol. The van der Waals surface area contributed by atoms with Crippen LogP contribution in [0.5, 0.6) is 0 Å². The first-order chi connectivity index (χ1) is 13.2. The lowest BCUT2D eigenvalue weighted by atomic mass is 9.98. The van der Waals surface area contributed by atoms with E-state index in [4.69, 9.17) is 20.7 Å². The Labute approximate surface area is 161 Å². The highest BCUT2D eigenvalue weighted by Crippen LogP contribution is 2.26. The van der Waals surface area contributed by atoms with Crippen molar-refractivity contribution in [2.24, 2.45) is 11.7 Å². The van der Waals surface area contributed by atoms with Crippen LogP contribution in [0.4, 0.5) is 17.8 Å². The summed E-state index contributed by atoms with van der Waals surface area (Å²) in [5, 5.41) is 0. The Bertz CT molecular complexity index is 619. The third-order valence-corrected chi connectivity index (χ3v) is 5.98. The van der Waals surface area contributed by atoms with Crippen LogP contribution in [0.25, 0.3) is 0 Å². The Morgan fingerprint density at radius 3 is 1.63 bits per heavy atom. The van der Waals surface area contributed by atoms with E-state index < -0.39 is 0 Å². The van der Waals surface area contributed by atoms with Gasteiger partial charge in [-0.05, 0) is 51.4 Å². The van der Waals surface area contributed by atoms with Gasteiger partial charge in [-0.1, -0.05) is 0 Å². The number of hydrogen-bond donors (Lipinski definition) is 1. The maximum atomic E-state index is 11.7. The minimum absolute atomic E-state index is 0.118. The molecule has 2 N–H and O–H groups in total. The van der Waals surface area contributed by atoms with Crippen molar-refractivity contribution in [3.8, 4) is 0 Å². The molecular formula is C19H31N7O. The molecule has 4 rings (SSSR count). The SMILES string of the molecule is NC(=O)C1CCCN(c2nc(N3CCCCC3)nc(N3CCCCC3)n2)C1. The molecule has 1 atom stereocenters.